The van der Waals surface area contributed by atoms with E-state index in [-0.39, 0.29) is 17.4 Å². The highest BCUT2D eigenvalue weighted by Gasteiger charge is 2.17. The Kier molecular flexibility index (Phi) is 7.83. The number of aryl methyl sites for hydroxylation is 1. The molecule has 0 bridgehead atoms. The average molecular weight is 424 g/mol. The summed E-state index contributed by atoms with van der Waals surface area (Å²) >= 11 is 0. The van der Waals surface area contributed by atoms with Crippen molar-refractivity contribution in [3.05, 3.63) is 76.2 Å². The maximum atomic E-state index is 12.7. The van der Waals surface area contributed by atoms with Crippen molar-refractivity contribution in [1.29, 1.82) is 0 Å². The van der Waals surface area contributed by atoms with Crippen molar-refractivity contribution in [3.8, 4) is 11.4 Å². The van der Waals surface area contributed by atoms with Gasteiger partial charge in [-0.05, 0) is 12.0 Å². The molecule has 0 unspecified atom stereocenters. The molecule has 0 atom stereocenters. The van der Waals surface area contributed by atoms with Gasteiger partial charge < -0.3 is 14.2 Å². The fourth-order valence-electron chi connectivity index (χ4n) is 3.08. The number of benzene rings is 2. The molecule has 31 heavy (non-hydrogen) atoms. The molecule has 162 valence electrons. The first-order valence-corrected chi connectivity index (χ1v) is 9.95. The van der Waals surface area contributed by atoms with Gasteiger partial charge in [-0.2, -0.15) is 4.98 Å². The lowest BCUT2D eigenvalue weighted by Gasteiger charge is -2.21. The van der Waals surface area contributed by atoms with Crippen LogP contribution in [0.1, 0.15) is 17.9 Å². The number of ether oxygens (including phenoxy) is 1. The molecule has 0 radical (unpaired) electrons. The number of rotatable bonds is 11. The molecule has 3 aromatic rings. The Hall–Kier alpha value is -3.59. The molecule has 1 amide bonds. The molecule has 0 aliphatic heterocycles. The molecular weight excluding hydrogens is 400 g/mol. The fraction of sp³-hybridized carbons (Fsp3) is 0.318. The number of non-ortho nitro benzene ring substituents is 1. The van der Waals surface area contributed by atoms with Crippen molar-refractivity contribution in [2.75, 3.05) is 26.8 Å². The minimum atomic E-state index is -0.473. The zero-order valence-electron chi connectivity index (χ0n) is 17.3. The van der Waals surface area contributed by atoms with E-state index in [1.165, 1.54) is 12.1 Å². The Bertz CT molecular complexity index is 1010. The van der Waals surface area contributed by atoms with Crippen LogP contribution in [0, 0.1) is 10.1 Å². The number of amides is 1. The molecule has 0 aliphatic rings. The van der Waals surface area contributed by atoms with Gasteiger partial charge in [0.15, 0.2) is 0 Å². The zero-order valence-corrected chi connectivity index (χ0v) is 17.3. The largest absolute Gasteiger partial charge is 0.383 e. The van der Waals surface area contributed by atoms with Crippen LogP contribution in [0.25, 0.3) is 11.4 Å². The van der Waals surface area contributed by atoms with E-state index in [9.17, 15) is 14.9 Å². The van der Waals surface area contributed by atoms with E-state index in [0.717, 1.165) is 5.56 Å². The standard InChI is InChI=1S/C22H24N4O5/c1-30-15-14-25(21(27)11-10-17-6-3-2-4-7-17)13-12-20-23-22(24-31-20)18-8-5-9-19(16-18)26(28)29/h2-9,16H,10-15H2,1H3. The summed E-state index contributed by atoms with van der Waals surface area (Å²) in [7, 11) is 1.59. The molecule has 9 nitrogen and oxygen atoms in total. The molecule has 0 fully saturated rings. The van der Waals surface area contributed by atoms with Gasteiger partial charge >= 0.3 is 0 Å². The Morgan fingerprint density at radius 2 is 1.94 bits per heavy atom. The van der Waals surface area contributed by atoms with E-state index in [4.69, 9.17) is 9.26 Å². The number of aromatic nitrogens is 2. The second-order valence-corrected chi connectivity index (χ2v) is 6.93. The van der Waals surface area contributed by atoms with Gasteiger partial charge in [-0.25, -0.2) is 0 Å². The molecule has 1 heterocycles. The van der Waals surface area contributed by atoms with Crippen LogP contribution in [-0.2, 0) is 22.4 Å². The molecular formula is C22H24N4O5. The van der Waals surface area contributed by atoms with E-state index in [1.807, 2.05) is 30.3 Å². The second-order valence-electron chi connectivity index (χ2n) is 6.93. The molecule has 1 aromatic heterocycles. The van der Waals surface area contributed by atoms with Crippen LogP contribution in [0.5, 0.6) is 0 Å². The van der Waals surface area contributed by atoms with E-state index in [0.29, 0.717) is 50.4 Å². The fourth-order valence-corrected chi connectivity index (χ4v) is 3.08. The highest BCUT2D eigenvalue weighted by molar-refractivity contribution is 5.76. The summed E-state index contributed by atoms with van der Waals surface area (Å²) < 4.78 is 10.4. The molecule has 2 aromatic carbocycles. The normalized spacial score (nSPS) is 10.7. The Morgan fingerprint density at radius 1 is 1.13 bits per heavy atom. The molecule has 0 spiro atoms. The lowest BCUT2D eigenvalue weighted by molar-refractivity contribution is -0.384. The summed E-state index contributed by atoms with van der Waals surface area (Å²) in [4.78, 5) is 29.2. The highest BCUT2D eigenvalue weighted by atomic mass is 16.6. The van der Waals surface area contributed by atoms with E-state index >= 15 is 0 Å². The predicted octanol–water partition coefficient (Wildman–Crippen LogP) is 3.30. The lowest BCUT2D eigenvalue weighted by atomic mass is 10.1. The molecule has 0 N–H and O–H groups in total. The Morgan fingerprint density at radius 3 is 2.68 bits per heavy atom. The molecule has 9 heteroatoms. The third kappa shape index (κ3) is 6.45. The van der Waals surface area contributed by atoms with Gasteiger partial charge in [-0.15, -0.1) is 0 Å². The van der Waals surface area contributed by atoms with Crippen molar-refractivity contribution in [1.82, 2.24) is 15.0 Å². The number of hydrogen-bond acceptors (Lipinski definition) is 7. The minimum Gasteiger partial charge on any atom is -0.383 e. The highest BCUT2D eigenvalue weighted by Crippen LogP contribution is 2.21. The summed E-state index contributed by atoms with van der Waals surface area (Å²) in [5, 5.41) is 14.9. The first-order valence-electron chi connectivity index (χ1n) is 9.95. The molecule has 3 rings (SSSR count). The van der Waals surface area contributed by atoms with Crippen LogP contribution in [0.15, 0.2) is 59.1 Å². The van der Waals surface area contributed by atoms with Crippen molar-refractivity contribution in [3.63, 3.8) is 0 Å². The topological polar surface area (TPSA) is 112 Å². The smallest absolute Gasteiger partial charge is 0.270 e. The minimum absolute atomic E-state index is 0.0272. The number of methoxy groups -OCH3 is 1. The summed E-state index contributed by atoms with van der Waals surface area (Å²) in [6.07, 6.45) is 1.44. The van der Waals surface area contributed by atoms with Crippen LogP contribution in [0.3, 0.4) is 0 Å². The van der Waals surface area contributed by atoms with Crippen molar-refractivity contribution in [2.45, 2.75) is 19.3 Å². The molecule has 0 saturated carbocycles. The lowest BCUT2D eigenvalue weighted by Crippen LogP contribution is -2.35. The second kappa shape index (κ2) is 11.0. The van der Waals surface area contributed by atoms with Crippen LogP contribution >= 0.6 is 0 Å². The molecule has 0 aliphatic carbocycles. The van der Waals surface area contributed by atoms with Gasteiger partial charge in [0.25, 0.3) is 5.69 Å². The zero-order chi connectivity index (χ0) is 22.1. The number of nitrogens with zero attached hydrogens (tertiary/aromatic N) is 4. The maximum Gasteiger partial charge on any atom is 0.270 e. The number of nitro benzene ring substituents is 1. The SMILES string of the molecule is COCCN(CCc1nc(-c2cccc([N+](=O)[O-])c2)no1)C(=O)CCc1ccccc1. The number of carbonyl (C=O) groups excluding carboxylic acids is 1. The van der Waals surface area contributed by atoms with Gasteiger partial charge in [0.2, 0.25) is 17.6 Å². The number of carbonyl (C=O) groups is 1. The van der Waals surface area contributed by atoms with Crippen molar-refractivity contribution < 1.29 is 19.0 Å². The van der Waals surface area contributed by atoms with Gasteiger partial charge in [0, 0.05) is 50.7 Å². The van der Waals surface area contributed by atoms with E-state index in [1.54, 1.807) is 24.1 Å². The first kappa shape index (κ1) is 22.1. The van der Waals surface area contributed by atoms with Gasteiger partial charge in [0.1, 0.15) is 0 Å². The number of hydrogen-bond donors (Lipinski definition) is 0. The van der Waals surface area contributed by atoms with E-state index in [2.05, 4.69) is 10.1 Å². The monoisotopic (exact) mass is 424 g/mol. The average Bonchev–Trinajstić information content (AvgIpc) is 3.27. The van der Waals surface area contributed by atoms with Gasteiger partial charge in [-0.3, -0.25) is 14.9 Å². The van der Waals surface area contributed by atoms with E-state index < -0.39 is 4.92 Å². The summed E-state index contributed by atoms with van der Waals surface area (Å²) in [6.45, 7) is 1.31. The maximum absolute atomic E-state index is 12.7. The van der Waals surface area contributed by atoms with Crippen LogP contribution < -0.4 is 0 Å². The molecule has 0 saturated heterocycles. The third-order valence-electron chi connectivity index (χ3n) is 4.77. The van der Waals surface area contributed by atoms with Crippen LogP contribution in [0.2, 0.25) is 0 Å². The predicted molar refractivity (Wildman–Crippen MR) is 113 cm³/mol. The Balaban J connectivity index is 1.60. The van der Waals surface area contributed by atoms with Crippen molar-refractivity contribution >= 4 is 11.6 Å². The van der Waals surface area contributed by atoms with Crippen molar-refractivity contribution in [2.24, 2.45) is 0 Å². The third-order valence-corrected chi connectivity index (χ3v) is 4.77. The summed E-state index contributed by atoms with van der Waals surface area (Å²) in [5.74, 6) is 0.664. The quantitative estimate of drug-likeness (QED) is 0.343. The Labute approximate surface area is 179 Å². The summed E-state index contributed by atoms with van der Waals surface area (Å²) in [5.41, 5.74) is 1.57. The summed E-state index contributed by atoms with van der Waals surface area (Å²) in [6, 6.07) is 15.9. The number of nitro groups is 1. The van der Waals surface area contributed by atoms with Gasteiger partial charge in [-0.1, -0.05) is 47.6 Å². The van der Waals surface area contributed by atoms with Crippen LogP contribution in [-0.4, -0.2) is 52.7 Å². The van der Waals surface area contributed by atoms with Crippen LogP contribution in [0.4, 0.5) is 5.69 Å². The first-order chi connectivity index (χ1) is 15.1. The van der Waals surface area contributed by atoms with Gasteiger partial charge in [0.05, 0.1) is 11.5 Å².